The zero-order valence-electron chi connectivity index (χ0n) is 14.5. The Labute approximate surface area is 157 Å². The molecule has 0 amide bonds. The number of aromatic nitrogens is 2. The summed E-state index contributed by atoms with van der Waals surface area (Å²) in [6, 6.07) is 15.3. The molecule has 2 aliphatic rings. The lowest BCUT2D eigenvalue weighted by Crippen LogP contribution is -2.26. The van der Waals surface area contributed by atoms with E-state index >= 15 is 0 Å². The van der Waals surface area contributed by atoms with E-state index in [4.69, 9.17) is 11.6 Å². The van der Waals surface area contributed by atoms with Crippen LogP contribution >= 0.6 is 11.6 Å². The highest BCUT2D eigenvalue weighted by Gasteiger charge is 2.33. The molecule has 4 nitrogen and oxygen atoms in total. The average Bonchev–Trinajstić information content (AvgIpc) is 2.81. The van der Waals surface area contributed by atoms with Crippen molar-refractivity contribution in [2.24, 2.45) is 0 Å². The molecule has 0 bridgehead atoms. The van der Waals surface area contributed by atoms with Crippen LogP contribution in [0.25, 0.3) is 0 Å². The summed E-state index contributed by atoms with van der Waals surface area (Å²) in [6.45, 7) is 3.04. The number of para-hydroxylation sites is 1. The van der Waals surface area contributed by atoms with Gasteiger partial charge in [-0.15, -0.1) is 0 Å². The monoisotopic (exact) mass is 362 g/mol. The zero-order valence-corrected chi connectivity index (χ0v) is 15.3. The second-order valence-electron chi connectivity index (χ2n) is 6.96. The standard InChI is InChI=1S/C21H19ClN4/c1-13-7-9-14(10-8-13)17-16-6-2-4-15-5-3-11-26(19(15)16)21-18(25-17)20(22)23-12-24-21/h2,4,6-10,12,17,25H,3,5,11H2,1H3. The van der Waals surface area contributed by atoms with Gasteiger partial charge in [-0.2, -0.15) is 0 Å². The van der Waals surface area contributed by atoms with Crippen molar-refractivity contribution in [2.45, 2.75) is 25.8 Å². The molecule has 1 atom stereocenters. The summed E-state index contributed by atoms with van der Waals surface area (Å²) in [5.41, 5.74) is 7.17. The van der Waals surface area contributed by atoms with Gasteiger partial charge in [0.25, 0.3) is 0 Å². The highest BCUT2D eigenvalue weighted by molar-refractivity contribution is 6.32. The van der Waals surface area contributed by atoms with Gasteiger partial charge in [0.1, 0.15) is 12.0 Å². The Kier molecular flexibility index (Phi) is 3.61. The molecule has 5 rings (SSSR count). The first-order valence-corrected chi connectivity index (χ1v) is 9.33. The van der Waals surface area contributed by atoms with Crippen molar-refractivity contribution < 1.29 is 0 Å². The zero-order chi connectivity index (χ0) is 17.7. The predicted molar refractivity (Wildman–Crippen MR) is 105 cm³/mol. The minimum Gasteiger partial charge on any atom is -0.369 e. The second-order valence-corrected chi connectivity index (χ2v) is 7.32. The van der Waals surface area contributed by atoms with Gasteiger partial charge in [-0.3, -0.25) is 0 Å². The molecule has 2 aliphatic heterocycles. The number of benzene rings is 2. The molecular formula is C21H19ClN4. The third-order valence-electron chi connectivity index (χ3n) is 5.30. The van der Waals surface area contributed by atoms with Crippen molar-refractivity contribution in [3.63, 3.8) is 0 Å². The van der Waals surface area contributed by atoms with Gasteiger partial charge in [0.15, 0.2) is 11.0 Å². The van der Waals surface area contributed by atoms with Gasteiger partial charge >= 0.3 is 0 Å². The van der Waals surface area contributed by atoms with Crippen LogP contribution in [0.5, 0.6) is 0 Å². The van der Waals surface area contributed by atoms with E-state index in [1.807, 2.05) is 0 Å². The van der Waals surface area contributed by atoms with E-state index in [0.29, 0.717) is 5.15 Å². The van der Waals surface area contributed by atoms with Crippen molar-refractivity contribution in [1.82, 2.24) is 9.97 Å². The van der Waals surface area contributed by atoms with Crippen LogP contribution in [-0.2, 0) is 6.42 Å². The van der Waals surface area contributed by atoms with E-state index in [0.717, 1.165) is 30.9 Å². The molecule has 0 saturated carbocycles. The smallest absolute Gasteiger partial charge is 0.161 e. The van der Waals surface area contributed by atoms with Gasteiger partial charge in [-0.25, -0.2) is 9.97 Å². The quantitative estimate of drug-likeness (QED) is 0.616. The number of anilines is 3. The van der Waals surface area contributed by atoms with Crippen LogP contribution in [-0.4, -0.2) is 16.5 Å². The van der Waals surface area contributed by atoms with Crippen molar-refractivity contribution in [3.05, 3.63) is 76.2 Å². The van der Waals surface area contributed by atoms with E-state index in [1.165, 1.54) is 27.9 Å². The molecule has 1 aromatic heterocycles. The van der Waals surface area contributed by atoms with E-state index in [2.05, 4.69) is 69.6 Å². The Morgan fingerprint density at radius 2 is 1.96 bits per heavy atom. The van der Waals surface area contributed by atoms with E-state index in [-0.39, 0.29) is 6.04 Å². The number of fused-ring (bicyclic) bond motifs is 2. The fourth-order valence-corrected chi connectivity index (χ4v) is 4.24. The Balaban J connectivity index is 1.79. The Hall–Kier alpha value is -2.59. The van der Waals surface area contributed by atoms with Crippen LogP contribution in [0.2, 0.25) is 5.15 Å². The molecule has 0 saturated heterocycles. The maximum Gasteiger partial charge on any atom is 0.161 e. The summed E-state index contributed by atoms with van der Waals surface area (Å²) in [4.78, 5) is 11.1. The summed E-state index contributed by atoms with van der Waals surface area (Å²) < 4.78 is 0. The molecule has 5 heteroatoms. The first-order chi connectivity index (χ1) is 12.7. The van der Waals surface area contributed by atoms with Crippen LogP contribution < -0.4 is 10.2 Å². The number of rotatable bonds is 1. The minimum absolute atomic E-state index is 0.0101. The van der Waals surface area contributed by atoms with E-state index in [1.54, 1.807) is 6.33 Å². The molecule has 2 aromatic carbocycles. The number of nitrogens with one attached hydrogen (secondary N) is 1. The second kappa shape index (κ2) is 5.99. The molecular weight excluding hydrogens is 344 g/mol. The van der Waals surface area contributed by atoms with Gasteiger partial charge in [0.05, 0.1) is 11.7 Å². The maximum absolute atomic E-state index is 6.48. The summed E-state index contributed by atoms with van der Waals surface area (Å²) >= 11 is 6.48. The molecule has 1 unspecified atom stereocenters. The lowest BCUT2D eigenvalue weighted by Gasteiger charge is -2.32. The van der Waals surface area contributed by atoms with Crippen molar-refractivity contribution in [2.75, 3.05) is 16.8 Å². The highest BCUT2D eigenvalue weighted by Crippen LogP contribution is 2.47. The van der Waals surface area contributed by atoms with Crippen LogP contribution in [0.4, 0.5) is 17.2 Å². The molecule has 3 aromatic rings. The number of halogens is 1. The first kappa shape index (κ1) is 15.6. The van der Waals surface area contributed by atoms with Crippen molar-refractivity contribution in [3.8, 4) is 0 Å². The van der Waals surface area contributed by atoms with Crippen LogP contribution in [0, 0.1) is 6.92 Å². The molecule has 130 valence electrons. The molecule has 0 spiro atoms. The fourth-order valence-electron chi connectivity index (χ4n) is 4.05. The number of nitrogens with zero attached hydrogens (tertiary/aromatic N) is 3. The molecule has 0 aliphatic carbocycles. The predicted octanol–water partition coefficient (Wildman–Crippen LogP) is 5.04. The summed E-state index contributed by atoms with van der Waals surface area (Å²) in [5.74, 6) is 0.869. The Morgan fingerprint density at radius 3 is 2.81 bits per heavy atom. The summed E-state index contributed by atoms with van der Waals surface area (Å²) in [7, 11) is 0. The lowest BCUT2D eigenvalue weighted by atomic mass is 9.91. The number of aryl methyl sites for hydroxylation is 2. The minimum atomic E-state index is 0.0101. The van der Waals surface area contributed by atoms with Gasteiger partial charge in [-0.05, 0) is 30.9 Å². The number of hydrogen-bond acceptors (Lipinski definition) is 4. The third-order valence-corrected chi connectivity index (χ3v) is 5.58. The van der Waals surface area contributed by atoms with Crippen LogP contribution in [0.3, 0.4) is 0 Å². The van der Waals surface area contributed by atoms with Gasteiger partial charge in [-0.1, -0.05) is 59.6 Å². The van der Waals surface area contributed by atoms with Crippen molar-refractivity contribution >= 4 is 28.8 Å². The SMILES string of the molecule is Cc1ccc(C2Nc3c(Cl)ncnc3N3CCCc4cccc2c43)cc1. The molecule has 3 heterocycles. The highest BCUT2D eigenvalue weighted by atomic mass is 35.5. The Morgan fingerprint density at radius 1 is 1.12 bits per heavy atom. The topological polar surface area (TPSA) is 41.1 Å². The summed E-state index contributed by atoms with van der Waals surface area (Å²) in [5, 5.41) is 4.11. The average molecular weight is 363 g/mol. The normalized spacial score (nSPS) is 17.8. The third kappa shape index (κ3) is 2.36. The molecule has 0 radical (unpaired) electrons. The van der Waals surface area contributed by atoms with Crippen LogP contribution in [0.15, 0.2) is 48.8 Å². The van der Waals surface area contributed by atoms with E-state index < -0.39 is 0 Å². The molecule has 1 N–H and O–H groups in total. The summed E-state index contributed by atoms with van der Waals surface area (Å²) in [6.07, 6.45) is 3.74. The molecule has 0 fully saturated rings. The largest absolute Gasteiger partial charge is 0.369 e. The van der Waals surface area contributed by atoms with Gasteiger partial charge in [0.2, 0.25) is 0 Å². The Bertz CT molecular complexity index is 984. The van der Waals surface area contributed by atoms with E-state index in [9.17, 15) is 0 Å². The fraction of sp³-hybridized carbons (Fsp3) is 0.238. The van der Waals surface area contributed by atoms with Gasteiger partial charge < -0.3 is 10.2 Å². The lowest BCUT2D eigenvalue weighted by molar-refractivity contribution is 0.755. The van der Waals surface area contributed by atoms with Gasteiger partial charge in [0, 0.05) is 12.1 Å². The van der Waals surface area contributed by atoms with Crippen LogP contribution in [0.1, 0.15) is 34.7 Å². The van der Waals surface area contributed by atoms with Crippen molar-refractivity contribution in [1.29, 1.82) is 0 Å². The maximum atomic E-state index is 6.48. The number of hydrogen-bond donors (Lipinski definition) is 1. The molecule has 26 heavy (non-hydrogen) atoms. The first-order valence-electron chi connectivity index (χ1n) is 8.95.